The highest BCUT2D eigenvalue weighted by molar-refractivity contribution is 5.78. The lowest BCUT2D eigenvalue weighted by molar-refractivity contribution is 0.343. The standard InChI is InChI=1S/C28H30F2N4O/c1-18-2-6-24-26(33(18)16-19-3-4-19)9-7-23(28(24)35-27-14-21(29)5-8-25(27)30)20-15-32-34(17-20)22-10-12-31-13-11-22/h5,7-9,14-15,17-19,22,31H,2-4,6,10-13H2,1H3/t18-/m0/s1. The van der Waals surface area contributed by atoms with Gasteiger partial charge in [0.05, 0.1) is 18.8 Å². The summed E-state index contributed by atoms with van der Waals surface area (Å²) in [6, 6.07) is 8.15. The minimum absolute atomic E-state index is 0.106. The summed E-state index contributed by atoms with van der Waals surface area (Å²) < 4.78 is 36.9. The average molecular weight is 477 g/mol. The van der Waals surface area contributed by atoms with Gasteiger partial charge < -0.3 is 15.0 Å². The zero-order chi connectivity index (χ0) is 23.9. The van der Waals surface area contributed by atoms with E-state index < -0.39 is 11.6 Å². The summed E-state index contributed by atoms with van der Waals surface area (Å²) in [4.78, 5) is 2.23. The van der Waals surface area contributed by atoms with Crippen LogP contribution < -0.4 is 15.0 Å². The van der Waals surface area contributed by atoms with Gasteiger partial charge in [-0.15, -0.1) is 0 Å². The maximum atomic E-state index is 14.7. The molecule has 0 amide bonds. The zero-order valence-electron chi connectivity index (χ0n) is 19.9. The minimum Gasteiger partial charge on any atom is -0.453 e. The summed E-state index contributed by atoms with van der Waals surface area (Å²) in [5.41, 5.74) is 3.80. The number of nitrogens with zero attached hydrogens (tertiary/aromatic N) is 3. The number of nitrogens with one attached hydrogen (secondary N) is 1. The number of ether oxygens (including phenoxy) is 1. The number of rotatable bonds is 6. The Bertz CT molecular complexity index is 1220. The second-order valence-corrected chi connectivity index (χ2v) is 9.97. The molecule has 35 heavy (non-hydrogen) atoms. The molecule has 182 valence electrons. The normalized spacial score (nSPS) is 20.7. The lowest BCUT2D eigenvalue weighted by atomic mass is 9.92. The van der Waals surface area contributed by atoms with E-state index in [-0.39, 0.29) is 5.75 Å². The number of aromatic nitrogens is 2. The first-order chi connectivity index (χ1) is 17.1. The van der Waals surface area contributed by atoms with Crippen molar-refractivity contribution < 1.29 is 13.5 Å². The first-order valence-electron chi connectivity index (χ1n) is 12.7. The molecule has 3 aromatic rings. The topological polar surface area (TPSA) is 42.3 Å². The van der Waals surface area contributed by atoms with Gasteiger partial charge in [-0.25, -0.2) is 8.78 Å². The van der Waals surface area contributed by atoms with Crippen molar-refractivity contribution in [1.29, 1.82) is 0 Å². The van der Waals surface area contributed by atoms with Crippen LogP contribution in [0.25, 0.3) is 11.1 Å². The van der Waals surface area contributed by atoms with Gasteiger partial charge in [-0.3, -0.25) is 4.68 Å². The number of benzene rings is 2. The fraction of sp³-hybridized carbons (Fsp3) is 0.429. The molecule has 0 unspecified atom stereocenters. The predicted octanol–water partition coefficient (Wildman–Crippen LogP) is 6.13. The highest BCUT2D eigenvalue weighted by Gasteiger charge is 2.33. The van der Waals surface area contributed by atoms with E-state index in [0.717, 1.165) is 79.3 Å². The van der Waals surface area contributed by atoms with Crippen LogP contribution in [-0.4, -0.2) is 28.9 Å². The molecule has 2 aromatic carbocycles. The number of hydrogen-bond acceptors (Lipinski definition) is 4. The Morgan fingerprint density at radius 2 is 1.89 bits per heavy atom. The van der Waals surface area contributed by atoms with Gasteiger partial charge in [0.1, 0.15) is 11.6 Å². The molecular weight excluding hydrogens is 446 g/mol. The van der Waals surface area contributed by atoms with Crippen LogP contribution in [0.3, 0.4) is 0 Å². The summed E-state index contributed by atoms with van der Waals surface area (Å²) in [5.74, 6) is -0.150. The van der Waals surface area contributed by atoms with Gasteiger partial charge in [0.2, 0.25) is 0 Å². The molecule has 7 heteroatoms. The maximum absolute atomic E-state index is 14.7. The molecule has 0 bridgehead atoms. The zero-order valence-corrected chi connectivity index (χ0v) is 19.9. The predicted molar refractivity (Wildman–Crippen MR) is 131 cm³/mol. The molecule has 1 aliphatic carbocycles. The van der Waals surface area contributed by atoms with Crippen molar-refractivity contribution in [3.63, 3.8) is 0 Å². The quantitative estimate of drug-likeness (QED) is 0.464. The Morgan fingerprint density at radius 3 is 2.69 bits per heavy atom. The van der Waals surface area contributed by atoms with Crippen molar-refractivity contribution in [3.05, 3.63) is 66.5 Å². The van der Waals surface area contributed by atoms with Crippen molar-refractivity contribution in [2.24, 2.45) is 5.92 Å². The monoisotopic (exact) mass is 476 g/mol. The fourth-order valence-corrected chi connectivity index (χ4v) is 5.17. The van der Waals surface area contributed by atoms with Crippen LogP contribution in [0, 0.1) is 24.1 Å². The second kappa shape index (κ2) is 9.26. The highest BCUT2D eigenvalue weighted by atomic mass is 19.1. The molecule has 2 radical (unpaired) electrons. The van der Waals surface area contributed by atoms with Crippen molar-refractivity contribution in [1.82, 2.24) is 15.1 Å². The Balaban J connectivity index is 1.43. The highest BCUT2D eigenvalue weighted by Crippen LogP contribution is 2.47. The largest absolute Gasteiger partial charge is 0.453 e. The van der Waals surface area contributed by atoms with Gasteiger partial charge in [-0.2, -0.15) is 5.10 Å². The van der Waals surface area contributed by atoms with Crippen molar-refractivity contribution in [2.45, 2.75) is 57.5 Å². The molecule has 1 aromatic heterocycles. The van der Waals surface area contributed by atoms with E-state index in [9.17, 15) is 8.78 Å². The summed E-state index contributed by atoms with van der Waals surface area (Å²) in [7, 11) is 0. The second-order valence-electron chi connectivity index (χ2n) is 9.97. The van der Waals surface area contributed by atoms with Crippen LogP contribution in [0.2, 0.25) is 0 Å². The lowest BCUT2D eigenvalue weighted by Crippen LogP contribution is -2.35. The number of halogens is 2. The van der Waals surface area contributed by atoms with E-state index in [1.54, 1.807) is 0 Å². The number of piperidine rings is 1. The molecule has 2 aliphatic heterocycles. The van der Waals surface area contributed by atoms with Crippen LogP contribution in [0.5, 0.6) is 11.5 Å². The Hall–Kier alpha value is -2.93. The van der Waals surface area contributed by atoms with Crippen molar-refractivity contribution in [3.8, 4) is 22.6 Å². The van der Waals surface area contributed by atoms with Gasteiger partial charge in [-0.05, 0) is 88.7 Å². The maximum Gasteiger partial charge on any atom is 0.166 e. The van der Waals surface area contributed by atoms with Gasteiger partial charge in [0.15, 0.2) is 11.6 Å². The van der Waals surface area contributed by atoms with Crippen LogP contribution in [0.4, 0.5) is 14.5 Å². The van der Waals surface area contributed by atoms with E-state index >= 15 is 0 Å². The van der Waals surface area contributed by atoms with Gasteiger partial charge in [0, 0.05) is 40.7 Å². The Labute approximate surface area is 205 Å². The first kappa shape index (κ1) is 22.5. The van der Waals surface area contributed by atoms with Gasteiger partial charge in [0.25, 0.3) is 0 Å². The smallest absolute Gasteiger partial charge is 0.166 e. The first-order valence-corrected chi connectivity index (χ1v) is 12.7. The van der Waals surface area contributed by atoms with E-state index in [1.807, 2.05) is 16.9 Å². The summed E-state index contributed by atoms with van der Waals surface area (Å²) in [5, 5.41) is 8.05. The third-order valence-corrected chi connectivity index (χ3v) is 7.35. The molecule has 3 aliphatic rings. The summed E-state index contributed by atoms with van der Waals surface area (Å²) >= 11 is 0. The van der Waals surface area contributed by atoms with Crippen LogP contribution in [0.1, 0.15) is 50.6 Å². The molecule has 1 saturated carbocycles. The number of anilines is 1. The number of fused-ring (bicyclic) bond motifs is 1. The van der Waals surface area contributed by atoms with Crippen LogP contribution >= 0.6 is 0 Å². The van der Waals surface area contributed by atoms with E-state index in [4.69, 9.17) is 4.74 Å². The minimum atomic E-state index is -0.586. The van der Waals surface area contributed by atoms with E-state index in [0.29, 0.717) is 23.8 Å². The number of hydrogen-bond donors (Lipinski definition) is 1. The Kier molecular flexibility index (Phi) is 5.96. The summed E-state index contributed by atoms with van der Waals surface area (Å²) in [6.07, 6.45) is 10.0. The van der Waals surface area contributed by atoms with Gasteiger partial charge >= 0.3 is 0 Å². The van der Waals surface area contributed by atoms with Gasteiger partial charge in [-0.1, -0.05) is 0 Å². The van der Waals surface area contributed by atoms with Crippen molar-refractivity contribution in [2.75, 3.05) is 18.0 Å². The SMILES string of the molecule is C[C@H]1CCc2c(ccc(-c3cnn(C4CCNCC4)c3)c2Oc2cc(F)ccc2F)N1[C]C1CC1. The van der Waals surface area contributed by atoms with E-state index in [1.165, 1.54) is 12.8 Å². The average Bonchev–Trinajstić information content (AvgIpc) is 3.56. The molecule has 5 nitrogen and oxygen atoms in total. The third kappa shape index (κ3) is 4.54. The molecule has 2 fully saturated rings. The van der Waals surface area contributed by atoms with E-state index in [2.05, 4.69) is 41.0 Å². The van der Waals surface area contributed by atoms with Crippen LogP contribution in [0.15, 0.2) is 42.7 Å². The molecule has 1 N–H and O–H groups in total. The third-order valence-electron chi connectivity index (χ3n) is 7.35. The summed E-state index contributed by atoms with van der Waals surface area (Å²) in [6.45, 7) is 7.81. The molecule has 0 spiro atoms. The molecule has 6 rings (SSSR count). The van der Waals surface area contributed by atoms with Crippen molar-refractivity contribution >= 4 is 5.69 Å². The lowest BCUT2D eigenvalue weighted by Gasteiger charge is -2.37. The fourth-order valence-electron chi connectivity index (χ4n) is 5.17. The molecular formula is C28H30F2N4O. The molecule has 3 heterocycles. The molecule has 1 atom stereocenters. The Morgan fingerprint density at radius 1 is 1.06 bits per heavy atom. The molecule has 1 saturated heterocycles. The van der Waals surface area contributed by atoms with Crippen LogP contribution in [-0.2, 0) is 6.42 Å².